The van der Waals surface area contributed by atoms with E-state index in [9.17, 15) is 18.0 Å². The summed E-state index contributed by atoms with van der Waals surface area (Å²) in [5.74, 6) is -1.02. The van der Waals surface area contributed by atoms with Crippen molar-refractivity contribution in [1.29, 1.82) is 0 Å². The molecule has 130 valence electrons. The number of fused-ring (bicyclic) bond motifs is 2. The fourth-order valence-electron chi connectivity index (χ4n) is 3.72. The van der Waals surface area contributed by atoms with Gasteiger partial charge in [0.1, 0.15) is 6.04 Å². The van der Waals surface area contributed by atoms with Gasteiger partial charge in [0.25, 0.3) is 5.91 Å². The molecule has 1 aliphatic heterocycles. The fourth-order valence-corrected chi connectivity index (χ4v) is 5.60. The van der Waals surface area contributed by atoms with E-state index in [0.29, 0.717) is 18.5 Å². The Hall–Kier alpha value is -1.97. The molecule has 0 radical (unpaired) electrons. The van der Waals surface area contributed by atoms with E-state index in [1.807, 2.05) is 0 Å². The largest absolute Gasteiger partial charge is 0.326 e. The van der Waals surface area contributed by atoms with Crippen LogP contribution < -0.4 is 10.8 Å². The van der Waals surface area contributed by atoms with Gasteiger partial charge in [0, 0.05) is 18.7 Å². The van der Waals surface area contributed by atoms with Crippen LogP contribution in [0.4, 0.5) is 5.69 Å². The van der Waals surface area contributed by atoms with E-state index in [-0.39, 0.29) is 22.8 Å². The number of nitrogens with one attached hydrogen (secondary N) is 2. The number of carbonyl (C=O) groups is 2. The molecule has 24 heavy (non-hydrogen) atoms. The smallest absolute Gasteiger partial charge is 0.262 e. The number of benzene rings is 1. The fraction of sp³-hybridized carbons (Fsp3) is 0.467. The van der Waals surface area contributed by atoms with Crippen molar-refractivity contribution in [1.82, 2.24) is 9.79 Å². The number of piperidine rings is 1. The van der Waals surface area contributed by atoms with Crippen LogP contribution in [0.25, 0.3) is 0 Å². The van der Waals surface area contributed by atoms with Crippen molar-refractivity contribution in [3.63, 3.8) is 0 Å². The number of hydrogen-bond donors (Lipinski definition) is 3. The highest BCUT2D eigenvalue weighted by atomic mass is 32.2. The van der Waals surface area contributed by atoms with E-state index in [1.165, 1.54) is 35.5 Å². The first-order valence-corrected chi connectivity index (χ1v) is 9.13. The molecule has 2 amide bonds. The molecular weight excluding hydrogens is 334 g/mol. The van der Waals surface area contributed by atoms with E-state index in [4.69, 9.17) is 5.21 Å². The summed E-state index contributed by atoms with van der Waals surface area (Å²) in [5.41, 5.74) is 2.08. The third-order valence-corrected chi connectivity index (χ3v) is 6.60. The third-order valence-electron chi connectivity index (χ3n) is 4.65. The van der Waals surface area contributed by atoms with E-state index in [0.717, 1.165) is 6.42 Å². The summed E-state index contributed by atoms with van der Waals surface area (Å²) in [6.45, 7) is 1.36. The van der Waals surface area contributed by atoms with Gasteiger partial charge in [0.2, 0.25) is 15.9 Å². The molecule has 1 heterocycles. The maximum atomic E-state index is 13.0. The van der Waals surface area contributed by atoms with Crippen LogP contribution in [0, 0.1) is 5.92 Å². The molecule has 8 nitrogen and oxygen atoms in total. The topological polar surface area (TPSA) is 116 Å². The third kappa shape index (κ3) is 2.79. The molecule has 3 atom stereocenters. The Morgan fingerprint density at radius 1 is 1.21 bits per heavy atom. The second-order valence-electron chi connectivity index (χ2n) is 6.19. The van der Waals surface area contributed by atoms with Crippen LogP contribution in [-0.2, 0) is 19.6 Å². The Labute approximate surface area is 139 Å². The molecule has 1 aromatic rings. The molecule has 0 spiro atoms. The standard InChI is InChI=1S/C15H19N3O5S/c1-9(19)16-11-3-6-13(7-4-11)24(22,23)18-12-5-2-10(8-12)14(18)15(20)17-21/h3-4,6-7,10,12,14,21H,2,5,8H2,1H3,(H,16,19)(H,17,20)/t10?,12-,14-/m1/s1. The highest BCUT2D eigenvalue weighted by Gasteiger charge is 2.54. The summed E-state index contributed by atoms with van der Waals surface area (Å²) in [6, 6.07) is 4.71. The van der Waals surface area contributed by atoms with E-state index >= 15 is 0 Å². The summed E-state index contributed by atoms with van der Waals surface area (Å²) in [4.78, 5) is 23.0. The highest BCUT2D eigenvalue weighted by Crippen LogP contribution is 2.45. The van der Waals surface area contributed by atoms with Gasteiger partial charge in [0.15, 0.2) is 0 Å². The molecule has 1 saturated carbocycles. The first-order chi connectivity index (χ1) is 11.3. The second kappa shape index (κ2) is 6.15. The van der Waals surface area contributed by atoms with Gasteiger partial charge in [-0.2, -0.15) is 4.31 Å². The predicted molar refractivity (Wildman–Crippen MR) is 84.6 cm³/mol. The lowest BCUT2D eigenvalue weighted by atomic mass is 10.00. The average Bonchev–Trinajstić information content (AvgIpc) is 3.15. The molecule has 9 heteroatoms. The SMILES string of the molecule is CC(=O)Nc1ccc(S(=O)(=O)N2[C@@H]3CCC(C3)[C@@H]2C(=O)NO)cc1. The number of rotatable bonds is 4. The zero-order valence-electron chi connectivity index (χ0n) is 13.1. The van der Waals surface area contributed by atoms with Gasteiger partial charge in [-0.25, -0.2) is 13.9 Å². The van der Waals surface area contributed by atoms with Gasteiger partial charge < -0.3 is 5.32 Å². The summed E-state index contributed by atoms with van der Waals surface area (Å²) in [5, 5.41) is 11.5. The minimum absolute atomic E-state index is 0.0555. The zero-order valence-corrected chi connectivity index (χ0v) is 13.9. The van der Waals surface area contributed by atoms with Crippen LogP contribution in [0.5, 0.6) is 0 Å². The van der Waals surface area contributed by atoms with E-state index in [2.05, 4.69) is 5.32 Å². The molecule has 1 aromatic carbocycles. The number of hydrogen-bond acceptors (Lipinski definition) is 5. The Balaban J connectivity index is 1.91. The molecule has 3 rings (SSSR count). The maximum absolute atomic E-state index is 13.0. The first-order valence-electron chi connectivity index (χ1n) is 7.69. The number of hydroxylamine groups is 1. The summed E-state index contributed by atoms with van der Waals surface area (Å²) in [6.07, 6.45) is 2.11. The molecule has 0 aromatic heterocycles. The Bertz CT molecular complexity index is 762. The van der Waals surface area contributed by atoms with Crippen molar-refractivity contribution in [2.75, 3.05) is 5.32 Å². The van der Waals surface area contributed by atoms with Crippen LogP contribution in [0.15, 0.2) is 29.2 Å². The summed E-state index contributed by atoms with van der Waals surface area (Å²) >= 11 is 0. The zero-order chi connectivity index (χ0) is 17.5. The van der Waals surface area contributed by atoms with Gasteiger partial charge in [0.05, 0.1) is 4.90 Å². The number of sulfonamides is 1. The van der Waals surface area contributed by atoms with Crippen molar-refractivity contribution >= 4 is 27.5 Å². The van der Waals surface area contributed by atoms with E-state index in [1.54, 1.807) is 5.48 Å². The minimum atomic E-state index is -3.87. The number of carbonyl (C=O) groups excluding carboxylic acids is 2. The molecule has 2 fully saturated rings. The van der Waals surface area contributed by atoms with Crippen LogP contribution in [-0.4, -0.2) is 41.8 Å². The van der Waals surface area contributed by atoms with Crippen molar-refractivity contribution in [3.05, 3.63) is 24.3 Å². The van der Waals surface area contributed by atoms with Gasteiger partial charge in [-0.3, -0.25) is 14.8 Å². The Kier molecular flexibility index (Phi) is 4.33. The molecular formula is C15H19N3O5S. The molecule has 3 N–H and O–H groups in total. The van der Waals surface area contributed by atoms with Gasteiger partial charge in [-0.1, -0.05) is 0 Å². The molecule has 2 bridgehead atoms. The Morgan fingerprint density at radius 2 is 1.88 bits per heavy atom. The summed E-state index contributed by atoms with van der Waals surface area (Å²) < 4.78 is 27.2. The first kappa shape index (κ1) is 16.9. The maximum Gasteiger partial charge on any atom is 0.262 e. The van der Waals surface area contributed by atoms with Crippen molar-refractivity contribution in [2.24, 2.45) is 5.92 Å². The number of nitrogens with zero attached hydrogens (tertiary/aromatic N) is 1. The van der Waals surface area contributed by atoms with Crippen LogP contribution in [0.3, 0.4) is 0 Å². The minimum Gasteiger partial charge on any atom is -0.326 e. The molecule has 2 aliphatic rings. The monoisotopic (exact) mass is 353 g/mol. The lowest BCUT2D eigenvalue weighted by Gasteiger charge is -2.32. The molecule has 1 saturated heterocycles. The van der Waals surface area contributed by atoms with Crippen molar-refractivity contribution in [2.45, 2.75) is 43.2 Å². The summed E-state index contributed by atoms with van der Waals surface area (Å²) in [7, 11) is -3.87. The highest BCUT2D eigenvalue weighted by molar-refractivity contribution is 7.89. The quantitative estimate of drug-likeness (QED) is 0.544. The Morgan fingerprint density at radius 3 is 2.46 bits per heavy atom. The second-order valence-corrected chi connectivity index (χ2v) is 8.03. The van der Waals surface area contributed by atoms with Gasteiger partial charge in [-0.15, -0.1) is 0 Å². The van der Waals surface area contributed by atoms with Gasteiger partial charge >= 0.3 is 0 Å². The van der Waals surface area contributed by atoms with Crippen LogP contribution in [0.1, 0.15) is 26.2 Å². The van der Waals surface area contributed by atoms with Crippen LogP contribution >= 0.6 is 0 Å². The molecule has 1 unspecified atom stereocenters. The molecule has 1 aliphatic carbocycles. The van der Waals surface area contributed by atoms with Crippen molar-refractivity contribution < 1.29 is 23.2 Å². The van der Waals surface area contributed by atoms with Gasteiger partial charge in [-0.05, 0) is 49.4 Å². The number of amides is 2. The van der Waals surface area contributed by atoms with E-state index < -0.39 is 22.0 Å². The van der Waals surface area contributed by atoms with Crippen LogP contribution in [0.2, 0.25) is 0 Å². The number of anilines is 1. The van der Waals surface area contributed by atoms with Crippen molar-refractivity contribution in [3.8, 4) is 0 Å². The predicted octanol–water partition coefficient (Wildman–Crippen LogP) is 0.692. The normalized spacial score (nSPS) is 26.3. The average molecular weight is 353 g/mol. The lowest BCUT2D eigenvalue weighted by molar-refractivity contribution is -0.134. The lowest BCUT2D eigenvalue weighted by Crippen LogP contribution is -2.52.